The van der Waals surface area contributed by atoms with Crippen molar-refractivity contribution in [2.75, 3.05) is 20.2 Å². The molecule has 0 radical (unpaired) electrons. The Morgan fingerprint density at radius 2 is 1.71 bits per heavy atom. The molecule has 28 heavy (non-hydrogen) atoms. The minimum atomic E-state index is -3.46. The lowest BCUT2D eigenvalue weighted by molar-refractivity contribution is 0.346. The van der Waals surface area contributed by atoms with Crippen LogP contribution in [0.25, 0.3) is 22.8 Å². The molecule has 4 rings (SSSR count). The largest absolute Gasteiger partial charge is 0.496 e. The van der Waals surface area contributed by atoms with E-state index >= 15 is 0 Å². The normalized spacial score (nSPS) is 15.5. The number of rotatable bonds is 5. The summed E-state index contributed by atoms with van der Waals surface area (Å²) in [4.78, 5) is 4.71. The first-order valence-electron chi connectivity index (χ1n) is 9.17. The van der Waals surface area contributed by atoms with Gasteiger partial charge in [0.2, 0.25) is 15.8 Å². The maximum Gasteiger partial charge on any atom is 0.262 e. The lowest BCUT2D eigenvalue weighted by Gasteiger charge is -2.25. The van der Waals surface area contributed by atoms with E-state index in [9.17, 15) is 8.42 Å². The Labute approximate surface area is 164 Å². The summed E-state index contributed by atoms with van der Waals surface area (Å²) in [6, 6.07) is 14.0. The molecule has 0 N–H and O–H groups in total. The average molecular weight is 399 g/mol. The summed E-state index contributed by atoms with van der Waals surface area (Å²) < 4.78 is 37.8. The predicted molar refractivity (Wildman–Crippen MR) is 104 cm³/mol. The fraction of sp³-hybridized carbons (Fsp3) is 0.300. The Bertz CT molecular complexity index is 1060. The number of hydrogen-bond donors (Lipinski definition) is 0. The number of hydrogen-bond acceptors (Lipinski definition) is 6. The van der Waals surface area contributed by atoms with Gasteiger partial charge in [0, 0.05) is 18.7 Å². The lowest BCUT2D eigenvalue weighted by atomic mass is 10.2. The number of methoxy groups -OCH3 is 1. The number of ether oxygens (including phenoxy) is 1. The van der Waals surface area contributed by atoms with Crippen molar-refractivity contribution in [2.24, 2.45) is 0 Å². The lowest BCUT2D eigenvalue weighted by Crippen LogP contribution is -2.35. The van der Waals surface area contributed by atoms with E-state index in [1.807, 2.05) is 24.3 Å². The molecule has 1 saturated heterocycles. The standard InChI is InChI=1S/C20H21N3O4S/c1-26-18-8-4-3-7-17(18)20-21-19(22-27-20)15-9-11-16(12-10-15)28(24,25)23-13-5-2-6-14-23/h3-4,7-12H,2,5-6,13-14H2,1H3. The molecular weight excluding hydrogens is 378 g/mol. The molecule has 1 fully saturated rings. The topological polar surface area (TPSA) is 85.5 Å². The molecule has 0 unspecified atom stereocenters. The van der Waals surface area contributed by atoms with Gasteiger partial charge in [-0.05, 0) is 49.2 Å². The summed E-state index contributed by atoms with van der Waals surface area (Å²) >= 11 is 0. The zero-order chi connectivity index (χ0) is 19.6. The van der Waals surface area contributed by atoms with Crippen LogP contribution in [0.2, 0.25) is 0 Å². The minimum Gasteiger partial charge on any atom is -0.496 e. The van der Waals surface area contributed by atoms with Gasteiger partial charge in [0.05, 0.1) is 17.6 Å². The summed E-state index contributed by atoms with van der Waals surface area (Å²) in [5.74, 6) is 1.38. The van der Waals surface area contributed by atoms with E-state index in [1.54, 1.807) is 35.7 Å². The molecule has 0 atom stereocenters. The number of nitrogens with zero attached hydrogens (tertiary/aromatic N) is 3. The minimum absolute atomic E-state index is 0.284. The summed E-state index contributed by atoms with van der Waals surface area (Å²) in [6.45, 7) is 1.16. The number of aromatic nitrogens is 2. The van der Waals surface area contributed by atoms with Gasteiger partial charge in [0.25, 0.3) is 5.89 Å². The smallest absolute Gasteiger partial charge is 0.262 e. The van der Waals surface area contributed by atoms with Gasteiger partial charge in [-0.3, -0.25) is 0 Å². The highest BCUT2D eigenvalue weighted by molar-refractivity contribution is 7.89. The fourth-order valence-corrected chi connectivity index (χ4v) is 4.82. The summed E-state index contributed by atoms with van der Waals surface area (Å²) in [5, 5.41) is 4.02. The van der Waals surface area contributed by atoms with E-state index < -0.39 is 10.0 Å². The van der Waals surface area contributed by atoms with Gasteiger partial charge in [-0.25, -0.2) is 8.42 Å². The third kappa shape index (κ3) is 3.53. The second-order valence-electron chi connectivity index (χ2n) is 6.61. The molecular formula is C20H21N3O4S. The van der Waals surface area contributed by atoms with Crippen LogP contribution in [0.1, 0.15) is 19.3 Å². The molecule has 7 nitrogen and oxygen atoms in total. The van der Waals surface area contributed by atoms with Crippen molar-refractivity contribution in [3.63, 3.8) is 0 Å². The molecule has 0 bridgehead atoms. The molecule has 0 spiro atoms. The van der Waals surface area contributed by atoms with Crippen LogP contribution in [0.15, 0.2) is 57.9 Å². The van der Waals surface area contributed by atoms with Crippen LogP contribution >= 0.6 is 0 Å². The van der Waals surface area contributed by atoms with Gasteiger partial charge in [-0.1, -0.05) is 23.7 Å². The predicted octanol–water partition coefficient (Wildman–Crippen LogP) is 3.59. The van der Waals surface area contributed by atoms with Gasteiger partial charge < -0.3 is 9.26 Å². The number of para-hydroxylation sites is 1. The van der Waals surface area contributed by atoms with Crippen molar-refractivity contribution in [2.45, 2.75) is 24.2 Å². The summed E-state index contributed by atoms with van der Waals surface area (Å²) in [5.41, 5.74) is 1.38. The number of piperidine rings is 1. The van der Waals surface area contributed by atoms with E-state index in [2.05, 4.69) is 10.1 Å². The van der Waals surface area contributed by atoms with E-state index in [-0.39, 0.29) is 4.90 Å². The molecule has 2 heterocycles. The Morgan fingerprint density at radius 3 is 2.43 bits per heavy atom. The second-order valence-corrected chi connectivity index (χ2v) is 8.55. The van der Waals surface area contributed by atoms with Gasteiger partial charge in [0.15, 0.2) is 0 Å². The van der Waals surface area contributed by atoms with Crippen LogP contribution in [0, 0.1) is 0 Å². The van der Waals surface area contributed by atoms with Crippen LogP contribution < -0.4 is 4.74 Å². The van der Waals surface area contributed by atoms with Crippen molar-refractivity contribution in [3.05, 3.63) is 48.5 Å². The zero-order valence-corrected chi connectivity index (χ0v) is 16.4. The first kappa shape index (κ1) is 18.6. The van der Waals surface area contributed by atoms with Crippen molar-refractivity contribution in [1.29, 1.82) is 0 Å². The maximum absolute atomic E-state index is 12.8. The first-order valence-corrected chi connectivity index (χ1v) is 10.6. The summed E-state index contributed by atoms with van der Waals surface area (Å²) in [7, 11) is -1.87. The van der Waals surface area contributed by atoms with E-state index in [0.717, 1.165) is 19.3 Å². The molecule has 146 valence electrons. The molecule has 0 aliphatic carbocycles. The van der Waals surface area contributed by atoms with E-state index in [4.69, 9.17) is 9.26 Å². The van der Waals surface area contributed by atoms with Gasteiger partial charge in [-0.15, -0.1) is 0 Å². The van der Waals surface area contributed by atoms with Crippen molar-refractivity contribution < 1.29 is 17.7 Å². The monoisotopic (exact) mass is 399 g/mol. The Hall–Kier alpha value is -2.71. The van der Waals surface area contributed by atoms with Crippen LogP contribution in [-0.4, -0.2) is 43.1 Å². The summed E-state index contributed by atoms with van der Waals surface area (Å²) in [6.07, 6.45) is 2.90. The highest BCUT2D eigenvalue weighted by Gasteiger charge is 2.26. The molecule has 1 aliphatic rings. The third-order valence-corrected chi connectivity index (χ3v) is 6.74. The maximum atomic E-state index is 12.8. The van der Waals surface area contributed by atoms with Crippen molar-refractivity contribution in [3.8, 4) is 28.6 Å². The van der Waals surface area contributed by atoms with Crippen LogP contribution in [0.5, 0.6) is 5.75 Å². The number of sulfonamides is 1. The molecule has 8 heteroatoms. The Morgan fingerprint density at radius 1 is 1.00 bits per heavy atom. The van der Waals surface area contributed by atoms with E-state index in [0.29, 0.717) is 41.7 Å². The Kier molecular flexibility index (Phi) is 5.15. The zero-order valence-electron chi connectivity index (χ0n) is 15.5. The van der Waals surface area contributed by atoms with Crippen LogP contribution in [0.3, 0.4) is 0 Å². The molecule has 1 aliphatic heterocycles. The third-order valence-electron chi connectivity index (χ3n) is 4.83. The highest BCUT2D eigenvalue weighted by atomic mass is 32.2. The quantitative estimate of drug-likeness (QED) is 0.652. The van der Waals surface area contributed by atoms with Gasteiger partial charge in [-0.2, -0.15) is 9.29 Å². The van der Waals surface area contributed by atoms with E-state index in [1.165, 1.54) is 0 Å². The molecule has 0 amide bonds. The SMILES string of the molecule is COc1ccccc1-c1nc(-c2ccc(S(=O)(=O)N3CCCCC3)cc2)no1. The molecule has 2 aromatic carbocycles. The van der Waals surface area contributed by atoms with Gasteiger partial charge in [0.1, 0.15) is 5.75 Å². The fourth-order valence-electron chi connectivity index (χ4n) is 3.30. The highest BCUT2D eigenvalue weighted by Crippen LogP contribution is 2.30. The average Bonchev–Trinajstić information content (AvgIpc) is 3.24. The molecule has 1 aromatic heterocycles. The first-order chi connectivity index (χ1) is 13.6. The molecule has 3 aromatic rings. The number of benzene rings is 2. The molecule has 0 saturated carbocycles. The van der Waals surface area contributed by atoms with Crippen LogP contribution in [-0.2, 0) is 10.0 Å². The van der Waals surface area contributed by atoms with Crippen molar-refractivity contribution >= 4 is 10.0 Å². The second kappa shape index (κ2) is 7.73. The Balaban J connectivity index is 1.59. The van der Waals surface area contributed by atoms with Crippen molar-refractivity contribution in [1.82, 2.24) is 14.4 Å². The van der Waals surface area contributed by atoms with Gasteiger partial charge >= 0.3 is 0 Å². The van der Waals surface area contributed by atoms with Crippen LogP contribution in [0.4, 0.5) is 0 Å².